The number of carbonyl (C=O) groups excluding carboxylic acids is 1. The van der Waals surface area contributed by atoms with Gasteiger partial charge in [0.2, 0.25) is 5.91 Å². The highest BCUT2D eigenvalue weighted by molar-refractivity contribution is 9.10. The monoisotopic (exact) mass is 516 g/mol. The number of aromatic nitrogens is 2. The van der Waals surface area contributed by atoms with Gasteiger partial charge in [0, 0.05) is 34.9 Å². The van der Waals surface area contributed by atoms with Crippen LogP contribution in [0.3, 0.4) is 0 Å². The molecular formula is C28H29BrN4O. The lowest BCUT2D eigenvalue weighted by Gasteiger charge is -2.25. The number of halogens is 1. The molecule has 0 aliphatic heterocycles. The number of nitrogens with one attached hydrogen (secondary N) is 1. The molecule has 0 aliphatic rings. The first-order valence-corrected chi connectivity index (χ1v) is 12.5. The van der Waals surface area contributed by atoms with Crippen molar-refractivity contribution in [2.24, 2.45) is 0 Å². The summed E-state index contributed by atoms with van der Waals surface area (Å²) in [5.74, 6) is 1.58. The number of benzene rings is 3. The molecule has 1 atom stereocenters. The highest BCUT2D eigenvalue weighted by Gasteiger charge is 2.17. The van der Waals surface area contributed by atoms with E-state index in [-0.39, 0.29) is 11.9 Å². The SMILES string of the molecule is CCCN(CCC(=O)NC(C)c1ccccc1)c1nc(-c2cccc(Br)c2)nc2ccccc12. The minimum Gasteiger partial charge on any atom is -0.355 e. The van der Waals surface area contributed by atoms with Gasteiger partial charge in [-0.25, -0.2) is 9.97 Å². The average molecular weight is 517 g/mol. The van der Waals surface area contributed by atoms with Gasteiger partial charge < -0.3 is 10.2 Å². The van der Waals surface area contributed by atoms with E-state index in [9.17, 15) is 4.79 Å². The Morgan fingerprint density at radius 1 is 0.971 bits per heavy atom. The number of fused-ring (bicyclic) bond motifs is 1. The van der Waals surface area contributed by atoms with Gasteiger partial charge in [-0.3, -0.25) is 4.79 Å². The molecule has 0 saturated heterocycles. The lowest BCUT2D eigenvalue weighted by atomic mass is 10.1. The lowest BCUT2D eigenvalue weighted by molar-refractivity contribution is -0.121. The molecule has 6 heteroatoms. The van der Waals surface area contributed by atoms with E-state index in [0.29, 0.717) is 18.8 Å². The van der Waals surface area contributed by atoms with Crippen LogP contribution in [0.2, 0.25) is 0 Å². The molecule has 0 saturated carbocycles. The smallest absolute Gasteiger partial charge is 0.222 e. The molecule has 34 heavy (non-hydrogen) atoms. The van der Waals surface area contributed by atoms with Crippen LogP contribution in [-0.4, -0.2) is 29.0 Å². The summed E-state index contributed by atoms with van der Waals surface area (Å²) in [6.45, 7) is 5.54. The maximum absolute atomic E-state index is 12.8. The molecule has 0 bridgehead atoms. The highest BCUT2D eigenvalue weighted by atomic mass is 79.9. The fraction of sp³-hybridized carbons (Fsp3) is 0.250. The second kappa shape index (κ2) is 11.3. The van der Waals surface area contributed by atoms with E-state index in [1.54, 1.807) is 0 Å². The third-order valence-corrected chi connectivity index (χ3v) is 6.24. The number of anilines is 1. The predicted octanol–water partition coefficient (Wildman–Crippen LogP) is 6.54. The summed E-state index contributed by atoms with van der Waals surface area (Å²) < 4.78 is 0.984. The minimum absolute atomic E-state index is 0.0306. The third kappa shape index (κ3) is 5.81. The van der Waals surface area contributed by atoms with Crippen LogP contribution in [0.5, 0.6) is 0 Å². The summed E-state index contributed by atoms with van der Waals surface area (Å²) in [5, 5.41) is 4.12. The molecular weight excluding hydrogens is 488 g/mol. The zero-order chi connectivity index (χ0) is 23.9. The Morgan fingerprint density at radius 3 is 2.50 bits per heavy atom. The van der Waals surface area contributed by atoms with Crippen molar-refractivity contribution >= 4 is 38.6 Å². The first-order valence-electron chi connectivity index (χ1n) is 11.7. The van der Waals surface area contributed by atoms with Crippen molar-refractivity contribution < 1.29 is 4.79 Å². The van der Waals surface area contributed by atoms with Gasteiger partial charge in [0.1, 0.15) is 5.82 Å². The summed E-state index contributed by atoms with van der Waals surface area (Å²) in [7, 11) is 0. The normalized spacial score (nSPS) is 11.9. The molecule has 1 heterocycles. The van der Waals surface area contributed by atoms with Gasteiger partial charge in [-0.05, 0) is 43.2 Å². The third-order valence-electron chi connectivity index (χ3n) is 5.74. The average Bonchev–Trinajstić information content (AvgIpc) is 2.86. The summed E-state index contributed by atoms with van der Waals surface area (Å²) in [4.78, 5) is 24.8. The maximum atomic E-state index is 12.8. The Balaban J connectivity index is 1.58. The first-order chi connectivity index (χ1) is 16.5. The van der Waals surface area contributed by atoms with Crippen molar-refractivity contribution in [1.29, 1.82) is 0 Å². The van der Waals surface area contributed by atoms with E-state index in [0.717, 1.165) is 45.3 Å². The van der Waals surface area contributed by atoms with Gasteiger partial charge in [-0.1, -0.05) is 77.5 Å². The van der Waals surface area contributed by atoms with Crippen LogP contribution in [0.15, 0.2) is 83.3 Å². The first kappa shape index (κ1) is 23.9. The van der Waals surface area contributed by atoms with E-state index in [2.05, 4.69) is 39.1 Å². The van der Waals surface area contributed by atoms with Gasteiger partial charge in [0.05, 0.1) is 11.6 Å². The van der Waals surface area contributed by atoms with E-state index in [1.165, 1.54) is 0 Å². The van der Waals surface area contributed by atoms with E-state index in [4.69, 9.17) is 9.97 Å². The van der Waals surface area contributed by atoms with Crippen molar-refractivity contribution in [2.75, 3.05) is 18.0 Å². The van der Waals surface area contributed by atoms with Crippen molar-refractivity contribution in [3.05, 3.63) is 88.9 Å². The molecule has 4 rings (SSSR count). The standard InChI is InChI=1S/C28H29BrN4O/c1-3-17-33(18-16-26(34)30-20(2)21-10-5-4-6-11-21)28-24-14-7-8-15-25(24)31-27(32-28)22-12-9-13-23(29)19-22/h4-15,19-20H,3,16-18H2,1-2H3,(H,30,34). The predicted molar refractivity (Wildman–Crippen MR) is 143 cm³/mol. The number of nitrogens with zero attached hydrogens (tertiary/aromatic N) is 3. The van der Waals surface area contributed by atoms with Gasteiger partial charge in [0.25, 0.3) is 0 Å². The second-order valence-electron chi connectivity index (χ2n) is 8.34. The van der Waals surface area contributed by atoms with Gasteiger partial charge >= 0.3 is 0 Å². The van der Waals surface area contributed by atoms with Crippen molar-refractivity contribution in [2.45, 2.75) is 32.7 Å². The van der Waals surface area contributed by atoms with Gasteiger partial charge in [-0.2, -0.15) is 0 Å². The molecule has 1 unspecified atom stereocenters. The number of rotatable bonds is 9. The number of amides is 1. The van der Waals surface area contributed by atoms with Crippen LogP contribution < -0.4 is 10.2 Å². The number of carbonyl (C=O) groups is 1. The zero-order valence-electron chi connectivity index (χ0n) is 19.5. The number of hydrogen-bond donors (Lipinski definition) is 1. The molecule has 174 valence electrons. The largest absolute Gasteiger partial charge is 0.355 e. The summed E-state index contributed by atoms with van der Waals surface area (Å²) in [6.07, 6.45) is 1.34. The summed E-state index contributed by atoms with van der Waals surface area (Å²) in [5.41, 5.74) is 2.94. The fourth-order valence-electron chi connectivity index (χ4n) is 4.03. The van der Waals surface area contributed by atoms with E-state index < -0.39 is 0 Å². The van der Waals surface area contributed by atoms with Crippen LogP contribution in [0, 0.1) is 0 Å². The van der Waals surface area contributed by atoms with Crippen molar-refractivity contribution in [3.8, 4) is 11.4 Å². The second-order valence-corrected chi connectivity index (χ2v) is 9.25. The molecule has 0 fully saturated rings. The Morgan fingerprint density at radius 2 is 1.74 bits per heavy atom. The molecule has 0 spiro atoms. The minimum atomic E-state index is -0.0312. The Labute approximate surface area is 209 Å². The topological polar surface area (TPSA) is 58.1 Å². The molecule has 1 aromatic heterocycles. The van der Waals surface area contributed by atoms with Gasteiger partial charge in [-0.15, -0.1) is 0 Å². The van der Waals surface area contributed by atoms with Crippen LogP contribution >= 0.6 is 15.9 Å². The lowest BCUT2D eigenvalue weighted by Crippen LogP contribution is -2.33. The molecule has 0 aliphatic carbocycles. The Bertz CT molecular complexity index is 1260. The highest BCUT2D eigenvalue weighted by Crippen LogP contribution is 2.29. The van der Waals surface area contributed by atoms with Crippen LogP contribution in [0.25, 0.3) is 22.3 Å². The van der Waals surface area contributed by atoms with Crippen LogP contribution in [0.1, 0.15) is 38.3 Å². The molecule has 1 N–H and O–H groups in total. The summed E-state index contributed by atoms with van der Waals surface area (Å²) in [6, 6.07) is 26.1. The molecule has 5 nitrogen and oxygen atoms in total. The van der Waals surface area contributed by atoms with Crippen molar-refractivity contribution in [3.63, 3.8) is 0 Å². The van der Waals surface area contributed by atoms with Gasteiger partial charge in [0.15, 0.2) is 5.82 Å². The van der Waals surface area contributed by atoms with E-state index in [1.807, 2.05) is 79.7 Å². The van der Waals surface area contributed by atoms with Crippen LogP contribution in [-0.2, 0) is 4.79 Å². The quantitative estimate of drug-likeness (QED) is 0.274. The molecule has 4 aromatic rings. The van der Waals surface area contributed by atoms with E-state index >= 15 is 0 Å². The van der Waals surface area contributed by atoms with Crippen LogP contribution in [0.4, 0.5) is 5.82 Å². The van der Waals surface area contributed by atoms with Crippen molar-refractivity contribution in [1.82, 2.24) is 15.3 Å². The Kier molecular flexibility index (Phi) is 7.91. The Hall–Kier alpha value is -3.25. The summed E-state index contributed by atoms with van der Waals surface area (Å²) >= 11 is 3.55. The molecule has 3 aromatic carbocycles. The molecule has 0 radical (unpaired) electrons. The number of para-hydroxylation sites is 1. The maximum Gasteiger partial charge on any atom is 0.222 e. The fourth-order valence-corrected chi connectivity index (χ4v) is 4.43. The zero-order valence-corrected chi connectivity index (χ0v) is 21.1. The molecule has 1 amide bonds. The number of hydrogen-bond acceptors (Lipinski definition) is 4.